The van der Waals surface area contributed by atoms with Gasteiger partial charge in [-0.25, -0.2) is 4.98 Å². The second kappa shape index (κ2) is 8.88. The number of hydrogen-bond donors (Lipinski definition) is 3. The van der Waals surface area contributed by atoms with E-state index in [2.05, 4.69) is 27.0 Å². The van der Waals surface area contributed by atoms with Gasteiger partial charge in [-0.3, -0.25) is 9.59 Å². The summed E-state index contributed by atoms with van der Waals surface area (Å²) in [7, 11) is 1.52. The highest BCUT2D eigenvalue weighted by atomic mass is 16.2. The number of nitrogens with zero attached hydrogens (tertiary/aromatic N) is 2. The number of nitrogens with one attached hydrogen (secondary N) is 3. The summed E-state index contributed by atoms with van der Waals surface area (Å²) in [5.74, 6) is -0.319. The number of carbonyl (C=O) groups is 2. The van der Waals surface area contributed by atoms with Gasteiger partial charge in [0.05, 0.1) is 22.9 Å². The first-order chi connectivity index (χ1) is 14.4. The molecule has 0 saturated heterocycles. The van der Waals surface area contributed by atoms with Crippen LogP contribution in [0.3, 0.4) is 0 Å². The van der Waals surface area contributed by atoms with Gasteiger partial charge in [0, 0.05) is 24.5 Å². The van der Waals surface area contributed by atoms with E-state index in [-0.39, 0.29) is 5.91 Å². The van der Waals surface area contributed by atoms with Gasteiger partial charge < -0.3 is 16.0 Å². The van der Waals surface area contributed by atoms with Crippen LogP contribution in [0.15, 0.2) is 54.7 Å². The number of anilines is 3. The maximum absolute atomic E-state index is 12.9. The normalized spacial score (nSPS) is 10.1. The van der Waals surface area contributed by atoms with Crippen molar-refractivity contribution in [2.24, 2.45) is 0 Å². The highest BCUT2D eigenvalue weighted by Gasteiger charge is 2.15. The molecule has 0 unspecified atom stereocenters. The third-order valence-electron chi connectivity index (χ3n) is 4.49. The van der Waals surface area contributed by atoms with E-state index in [9.17, 15) is 14.9 Å². The standard InChI is InChI=1S/C23H21N5O2/c1-14-8-16(12-24)10-17(9-14)23(30)28-20-11-18(22(29)25-3)13-26-21(20)27-19-7-5-4-6-15(19)2/h4-11,13H,1-3H3,(H,25,29)(H,26,27)(H,28,30). The van der Waals surface area contributed by atoms with Crippen LogP contribution in [-0.4, -0.2) is 23.8 Å². The number of carbonyl (C=O) groups excluding carboxylic acids is 2. The first kappa shape index (κ1) is 20.6. The zero-order valence-corrected chi connectivity index (χ0v) is 16.9. The number of rotatable bonds is 5. The Labute approximate surface area is 174 Å². The molecular weight excluding hydrogens is 378 g/mol. The first-order valence-electron chi connectivity index (χ1n) is 9.29. The lowest BCUT2D eigenvalue weighted by atomic mass is 10.1. The summed E-state index contributed by atoms with van der Waals surface area (Å²) in [6, 6.07) is 16.2. The minimum Gasteiger partial charge on any atom is -0.355 e. The number of aryl methyl sites for hydroxylation is 2. The van der Waals surface area contributed by atoms with Crippen molar-refractivity contribution in [2.75, 3.05) is 17.7 Å². The minimum absolute atomic E-state index is 0.310. The third kappa shape index (κ3) is 4.62. The molecule has 0 saturated carbocycles. The molecule has 1 heterocycles. The SMILES string of the molecule is CNC(=O)c1cnc(Nc2ccccc2C)c(NC(=O)c2cc(C)cc(C#N)c2)c1. The van der Waals surface area contributed by atoms with E-state index >= 15 is 0 Å². The molecule has 0 aliphatic rings. The van der Waals surface area contributed by atoms with Crippen LogP contribution in [0.5, 0.6) is 0 Å². The summed E-state index contributed by atoms with van der Waals surface area (Å²) in [6.45, 7) is 3.77. The molecule has 0 spiro atoms. The fourth-order valence-corrected chi connectivity index (χ4v) is 2.94. The molecule has 150 valence electrons. The van der Waals surface area contributed by atoms with Gasteiger partial charge in [-0.15, -0.1) is 0 Å². The van der Waals surface area contributed by atoms with E-state index in [4.69, 9.17) is 0 Å². The number of nitriles is 1. The summed E-state index contributed by atoms with van der Waals surface area (Å²) in [5.41, 5.74) is 4.04. The van der Waals surface area contributed by atoms with Crippen molar-refractivity contribution >= 4 is 29.0 Å². The van der Waals surface area contributed by atoms with E-state index in [1.807, 2.05) is 38.1 Å². The van der Waals surface area contributed by atoms with Crippen molar-refractivity contribution in [1.82, 2.24) is 10.3 Å². The quantitative estimate of drug-likeness (QED) is 0.603. The van der Waals surface area contributed by atoms with E-state index in [0.29, 0.717) is 28.2 Å². The fourth-order valence-electron chi connectivity index (χ4n) is 2.94. The number of pyridine rings is 1. The van der Waals surface area contributed by atoms with Crippen LogP contribution in [0, 0.1) is 25.2 Å². The van der Waals surface area contributed by atoms with Gasteiger partial charge in [-0.05, 0) is 55.3 Å². The lowest BCUT2D eigenvalue weighted by molar-refractivity contribution is 0.0961. The maximum atomic E-state index is 12.9. The van der Waals surface area contributed by atoms with Gasteiger partial charge in [0.25, 0.3) is 11.8 Å². The number of amides is 2. The monoisotopic (exact) mass is 399 g/mol. The van der Waals surface area contributed by atoms with E-state index < -0.39 is 5.91 Å². The molecule has 2 aromatic carbocycles. The molecule has 0 radical (unpaired) electrons. The van der Waals surface area contributed by atoms with Crippen molar-refractivity contribution in [1.29, 1.82) is 5.26 Å². The van der Waals surface area contributed by atoms with Crippen molar-refractivity contribution in [2.45, 2.75) is 13.8 Å². The smallest absolute Gasteiger partial charge is 0.255 e. The topological polar surface area (TPSA) is 107 Å². The molecule has 3 aromatic rings. The van der Waals surface area contributed by atoms with E-state index in [1.165, 1.54) is 19.3 Å². The molecule has 3 rings (SSSR count). The molecule has 1 aromatic heterocycles. The molecular formula is C23H21N5O2. The van der Waals surface area contributed by atoms with Crippen LogP contribution in [0.25, 0.3) is 0 Å². The Morgan fingerprint density at radius 2 is 1.73 bits per heavy atom. The summed E-state index contributed by atoms with van der Waals surface area (Å²) >= 11 is 0. The van der Waals surface area contributed by atoms with Crippen molar-refractivity contribution in [3.05, 3.63) is 82.5 Å². The highest BCUT2D eigenvalue weighted by molar-refractivity contribution is 6.07. The molecule has 0 bridgehead atoms. The number of aromatic nitrogens is 1. The van der Waals surface area contributed by atoms with E-state index in [1.54, 1.807) is 18.2 Å². The minimum atomic E-state index is -0.404. The van der Waals surface area contributed by atoms with Crippen molar-refractivity contribution in [3.8, 4) is 6.07 Å². The van der Waals surface area contributed by atoms with Crippen LogP contribution in [-0.2, 0) is 0 Å². The van der Waals surface area contributed by atoms with Crippen LogP contribution < -0.4 is 16.0 Å². The molecule has 0 fully saturated rings. The second-order valence-corrected chi connectivity index (χ2v) is 6.79. The molecule has 2 amide bonds. The largest absolute Gasteiger partial charge is 0.355 e. The summed E-state index contributed by atoms with van der Waals surface area (Å²) in [4.78, 5) is 29.3. The van der Waals surface area contributed by atoms with Gasteiger partial charge >= 0.3 is 0 Å². The van der Waals surface area contributed by atoms with Crippen LogP contribution in [0.4, 0.5) is 17.2 Å². The maximum Gasteiger partial charge on any atom is 0.255 e. The molecule has 0 aliphatic heterocycles. The van der Waals surface area contributed by atoms with Crippen molar-refractivity contribution in [3.63, 3.8) is 0 Å². The lowest BCUT2D eigenvalue weighted by Gasteiger charge is -2.15. The third-order valence-corrected chi connectivity index (χ3v) is 4.49. The Kier molecular flexibility index (Phi) is 6.08. The average molecular weight is 399 g/mol. The summed E-state index contributed by atoms with van der Waals surface area (Å²) in [6.07, 6.45) is 1.44. The second-order valence-electron chi connectivity index (χ2n) is 6.79. The Morgan fingerprint density at radius 3 is 2.43 bits per heavy atom. The average Bonchev–Trinajstić information content (AvgIpc) is 2.75. The van der Waals surface area contributed by atoms with Gasteiger partial charge in [-0.1, -0.05) is 18.2 Å². The predicted molar refractivity (Wildman–Crippen MR) is 116 cm³/mol. The van der Waals surface area contributed by atoms with Gasteiger partial charge in [0.2, 0.25) is 0 Å². The highest BCUT2D eigenvalue weighted by Crippen LogP contribution is 2.27. The fraction of sp³-hybridized carbons (Fsp3) is 0.130. The van der Waals surface area contributed by atoms with E-state index in [0.717, 1.165) is 16.8 Å². The Morgan fingerprint density at radius 1 is 0.967 bits per heavy atom. The zero-order valence-electron chi connectivity index (χ0n) is 16.9. The van der Waals surface area contributed by atoms with Crippen LogP contribution >= 0.6 is 0 Å². The zero-order chi connectivity index (χ0) is 21.7. The Balaban J connectivity index is 1.99. The molecule has 7 nitrogen and oxygen atoms in total. The van der Waals surface area contributed by atoms with Crippen LogP contribution in [0.2, 0.25) is 0 Å². The summed E-state index contributed by atoms with van der Waals surface area (Å²) in [5, 5.41) is 17.7. The Bertz CT molecular complexity index is 1160. The molecule has 0 aliphatic carbocycles. The van der Waals surface area contributed by atoms with Gasteiger partial charge in [-0.2, -0.15) is 5.26 Å². The number of para-hydroxylation sites is 1. The number of hydrogen-bond acceptors (Lipinski definition) is 5. The van der Waals surface area contributed by atoms with Crippen LogP contribution in [0.1, 0.15) is 37.4 Å². The molecule has 3 N–H and O–H groups in total. The number of benzene rings is 2. The molecule has 0 atom stereocenters. The Hall–Kier alpha value is -4.18. The molecule has 7 heteroatoms. The van der Waals surface area contributed by atoms with Crippen molar-refractivity contribution < 1.29 is 9.59 Å². The predicted octanol–water partition coefficient (Wildman–Crippen LogP) is 3.93. The lowest BCUT2D eigenvalue weighted by Crippen LogP contribution is -2.20. The first-order valence-corrected chi connectivity index (χ1v) is 9.29. The summed E-state index contributed by atoms with van der Waals surface area (Å²) < 4.78 is 0. The van der Waals surface area contributed by atoms with Gasteiger partial charge in [0.15, 0.2) is 5.82 Å². The molecule has 30 heavy (non-hydrogen) atoms. The van der Waals surface area contributed by atoms with Gasteiger partial charge in [0.1, 0.15) is 0 Å².